The minimum Gasteiger partial charge on any atom is -0.466 e. The zero-order valence-corrected chi connectivity index (χ0v) is 27.2. The van der Waals surface area contributed by atoms with Crippen LogP contribution in [0.25, 0.3) is 0 Å². The number of nitrogens with one attached hydrogen (secondary N) is 2. The van der Waals surface area contributed by atoms with Gasteiger partial charge in [0, 0.05) is 6.54 Å². The van der Waals surface area contributed by atoms with Crippen molar-refractivity contribution in [2.75, 3.05) is 26.3 Å². The molecule has 6 unspecified atom stereocenters. The first-order valence-electron chi connectivity index (χ1n) is 17.4. The lowest BCUT2D eigenvalue weighted by molar-refractivity contribution is -0.160. The molecule has 44 heavy (non-hydrogen) atoms. The second kappa shape index (κ2) is 16.9. The molecular weight excluding hydrogens is 564 g/mol. The van der Waals surface area contributed by atoms with Gasteiger partial charge < -0.3 is 29.6 Å². The fourth-order valence-electron chi connectivity index (χ4n) is 8.03. The minimum atomic E-state index is -0.730. The van der Waals surface area contributed by atoms with Gasteiger partial charge in [-0.05, 0) is 114 Å². The van der Waals surface area contributed by atoms with Crippen LogP contribution < -0.4 is 10.6 Å². The van der Waals surface area contributed by atoms with Gasteiger partial charge >= 0.3 is 23.9 Å². The van der Waals surface area contributed by atoms with Crippen LogP contribution in [0.5, 0.6) is 0 Å². The van der Waals surface area contributed by atoms with Crippen molar-refractivity contribution < 1.29 is 38.1 Å². The molecule has 2 N–H and O–H groups in total. The normalized spacial score (nSPS) is 28.7. The zero-order valence-electron chi connectivity index (χ0n) is 27.2. The van der Waals surface area contributed by atoms with Gasteiger partial charge in [0.25, 0.3) is 0 Å². The average molecular weight is 621 g/mol. The number of carbonyl (C=O) groups excluding carboxylic acids is 4. The molecule has 0 aliphatic heterocycles. The molecule has 4 saturated carbocycles. The molecule has 0 amide bonds. The van der Waals surface area contributed by atoms with E-state index >= 15 is 0 Å². The number of hydrogen-bond donors (Lipinski definition) is 2. The maximum atomic E-state index is 13.3. The Morgan fingerprint density at radius 2 is 1.32 bits per heavy atom. The van der Waals surface area contributed by atoms with Crippen molar-refractivity contribution in [2.24, 2.45) is 23.2 Å². The first kappa shape index (κ1) is 34.7. The summed E-state index contributed by atoms with van der Waals surface area (Å²) < 4.78 is 22.0. The molecule has 10 nitrogen and oxygen atoms in total. The highest BCUT2D eigenvalue weighted by molar-refractivity contribution is 5.83. The van der Waals surface area contributed by atoms with E-state index in [4.69, 9.17) is 18.9 Å². The molecule has 0 heterocycles. The van der Waals surface area contributed by atoms with E-state index < -0.39 is 24.0 Å². The molecule has 10 heteroatoms. The van der Waals surface area contributed by atoms with Gasteiger partial charge in [0.2, 0.25) is 0 Å². The first-order chi connectivity index (χ1) is 21.2. The van der Waals surface area contributed by atoms with Crippen LogP contribution in [0.2, 0.25) is 0 Å². The van der Waals surface area contributed by atoms with Crippen LogP contribution in [-0.4, -0.2) is 74.5 Å². The Balaban J connectivity index is 1.30. The summed E-state index contributed by atoms with van der Waals surface area (Å²) in [6, 6.07) is -1.43. The molecule has 2 bridgehead atoms. The van der Waals surface area contributed by atoms with Gasteiger partial charge in [-0.3, -0.25) is 19.2 Å². The molecule has 0 radical (unpaired) electrons. The number of fused-ring (bicyclic) bond motifs is 2. The van der Waals surface area contributed by atoms with Crippen molar-refractivity contribution in [3.8, 4) is 0 Å². The second-order valence-electron chi connectivity index (χ2n) is 13.9. The molecule has 6 atom stereocenters. The highest BCUT2D eigenvalue weighted by Crippen LogP contribution is 2.58. The molecule has 0 saturated heterocycles. The van der Waals surface area contributed by atoms with E-state index in [1.165, 1.54) is 12.8 Å². The minimum absolute atomic E-state index is 0.000216. The molecule has 0 aromatic carbocycles. The Hall–Kier alpha value is -2.20. The third-order valence-corrected chi connectivity index (χ3v) is 10.5. The van der Waals surface area contributed by atoms with Crippen molar-refractivity contribution in [3.63, 3.8) is 0 Å². The standard InChI is InChI=1S/C34H56N2O8/c1-4-41-30(37)18-28(32(39)42-5-2)36-22-34(3)20-23-16-25(34)17-24(23)21-35-29(33(40)44-27-14-10-7-11-15-27)19-31(38)43-26-12-8-6-9-13-26/h23-29,35-36H,4-22H2,1-3H3. The van der Waals surface area contributed by atoms with E-state index in [1.807, 2.05) is 0 Å². The fraction of sp³-hybridized carbons (Fsp3) is 0.882. The van der Waals surface area contributed by atoms with Crippen LogP contribution in [0.3, 0.4) is 0 Å². The van der Waals surface area contributed by atoms with Gasteiger partial charge in [-0.1, -0.05) is 19.8 Å². The number of esters is 4. The smallest absolute Gasteiger partial charge is 0.324 e. The van der Waals surface area contributed by atoms with Gasteiger partial charge in [-0.15, -0.1) is 0 Å². The van der Waals surface area contributed by atoms with Gasteiger partial charge in [0.05, 0.1) is 26.1 Å². The van der Waals surface area contributed by atoms with Gasteiger partial charge in [-0.25, -0.2) is 0 Å². The van der Waals surface area contributed by atoms with Crippen molar-refractivity contribution in [1.29, 1.82) is 0 Å². The molecule has 4 aliphatic rings. The Kier molecular flexibility index (Phi) is 13.3. The largest absolute Gasteiger partial charge is 0.466 e. The van der Waals surface area contributed by atoms with Crippen molar-refractivity contribution in [2.45, 2.75) is 141 Å². The van der Waals surface area contributed by atoms with Gasteiger partial charge in [-0.2, -0.15) is 0 Å². The number of carbonyl (C=O) groups is 4. The zero-order chi connectivity index (χ0) is 31.5. The molecular formula is C34H56N2O8. The molecule has 4 rings (SSSR count). The lowest BCUT2D eigenvalue weighted by Gasteiger charge is -2.38. The molecule has 4 aliphatic carbocycles. The third kappa shape index (κ3) is 9.90. The Bertz CT molecular complexity index is 963. The number of rotatable bonds is 16. The molecule has 4 fully saturated rings. The SMILES string of the molecule is CCOC(=O)CC(NCC1(C)CC2CC1CC2CNC(CC(=O)OC1CCCCC1)C(=O)OC1CCCCC1)C(=O)OCC. The molecule has 0 spiro atoms. The van der Waals surface area contributed by atoms with E-state index in [0.717, 1.165) is 70.6 Å². The third-order valence-electron chi connectivity index (χ3n) is 10.5. The second-order valence-corrected chi connectivity index (χ2v) is 13.9. The van der Waals surface area contributed by atoms with Crippen molar-refractivity contribution >= 4 is 23.9 Å². The molecule has 0 aromatic rings. The van der Waals surface area contributed by atoms with Crippen LogP contribution in [-0.2, 0) is 38.1 Å². The van der Waals surface area contributed by atoms with E-state index in [0.29, 0.717) is 30.8 Å². The summed E-state index contributed by atoms with van der Waals surface area (Å²) in [7, 11) is 0. The highest BCUT2D eigenvalue weighted by atomic mass is 16.6. The Morgan fingerprint density at radius 3 is 1.91 bits per heavy atom. The average Bonchev–Trinajstić information content (AvgIpc) is 3.56. The van der Waals surface area contributed by atoms with Crippen LogP contribution in [0, 0.1) is 23.2 Å². The van der Waals surface area contributed by atoms with Crippen LogP contribution >= 0.6 is 0 Å². The predicted molar refractivity (Wildman–Crippen MR) is 164 cm³/mol. The molecule has 0 aromatic heterocycles. The summed E-state index contributed by atoms with van der Waals surface area (Å²) in [4.78, 5) is 50.9. The van der Waals surface area contributed by atoms with Crippen molar-refractivity contribution in [3.05, 3.63) is 0 Å². The summed E-state index contributed by atoms with van der Waals surface area (Å²) in [5.41, 5.74) is -0.0102. The summed E-state index contributed by atoms with van der Waals surface area (Å²) in [6.07, 6.45) is 13.2. The molecule has 250 valence electrons. The van der Waals surface area contributed by atoms with Gasteiger partial charge in [0.1, 0.15) is 24.3 Å². The number of hydrogen-bond acceptors (Lipinski definition) is 10. The van der Waals surface area contributed by atoms with E-state index in [1.54, 1.807) is 13.8 Å². The maximum absolute atomic E-state index is 13.3. The fourth-order valence-corrected chi connectivity index (χ4v) is 8.03. The quantitative estimate of drug-likeness (QED) is 0.186. The lowest BCUT2D eigenvalue weighted by atomic mass is 9.71. The van der Waals surface area contributed by atoms with E-state index in [-0.39, 0.29) is 55.6 Å². The lowest BCUT2D eigenvalue weighted by Crippen LogP contribution is -2.48. The van der Waals surface area contributed by atoms with Crippen LogP contribution in [0.4, 0.5) is 0 Å². The predicted octanol–water partition coefficient (Wildman–Crippen LogP) is 4.61. The number of ether oxygens (including phenoxy) is 4. The highest BCUT2D eigenvalue weighted by Gasteiger charge is 2.52. The summed E-state index contributed by atoms with van der Waals surface area (Å²) in [5, 5.41) is 6.77. The van der Waals surface area contributed by atoms with E-state index in [9.17, 15) is 19.2 Å². The van der Waals surface area contributed by atoms with Gasteiger partial charge in [0.15, 0.2) is 0 Å². The first-order valence-corrected chi connectivity index (χ1v) is 17.4. The van der Waals surface area contributed by atoms with Crippen LogP contribution in [0.1, 0.15) is 117 Å². The van der Waals surface area contributed by atoms with Crippen LogP contribution in [0.15, 0.2) is 0 Å². The Labute approximate surface area is 263 Å². The van der Waals surface area contributed by atoms with E-state index in [2.05, 4.69) is 17.6 Å². The Morgan fingerprint density at radius 1 is 0.727 bits per heavy atom. The summed E-state index contributed by atoms with van der Waals surface area (Å²) in [5.74, 6) is -0.158. The summed E-state index contributed by atoms with van der Waals surface area (Å²) in [6.45, 7) is 7.55. The topological polar surface area (TPSA) is 129 Å². The summed E-state index contributed by atoms with van der Waals surface area (Å²) >= 11 is 0. The van der Waals surface area contributed by atoms with Crippen molar-refractivity contribution in [1.82, 2.24) is 10.6 Å². The maximum Gasteiger partial charge on any atom is 0.324 e. The monoisotopic (exact) mass is 620 g/mol.